The van der Waals surface area contributed by atoms with E-state index >= 15 is 0 Å². The van der Waals surface area contributed by atoms with Gasteiger partial charge in [0, 0.05) is 18.4 Å². The van der Waals surface area contributed by atoms with Crippen molar-refractivity contribution in [2.75, 3.05) is 0 Å². The molecule has 5 rings (SSSR count). The van der Waals surface area contributed by atoms with Crippen LogP contribution < -0.4 is 5.56 Å². The first-order valence-electron chi connectivity index (χ1n) is 8.76. The van der Waals surface area contributed by atoms with E-state index in [-0.39, 0.29) is 17.2 Å². The largest absolute Gasteiger partial charge is 0.493 e. The zero-order chi connectivity index (χ0) is 19.0. The first-order chi connectivity index (χ1) is 13.1. The van der Waals surface area contributed by atoms with E-state index in [1.165, 1.54) is 11.9 Å². The van der Waals surface area contributed by atoms with Crippen LogP contribution in [0.3, 0.4) is 0 Å². The molecule has 2 aliphatic rings. The van der Waals surface area contributed by atoms with Crippen molar-refractivity contribution in [2.45, 2.75) is 44.4 Å². The Kier molecular flexibility index (Phi) is 4.65. The van der Waals surface area contributed by atoms with Crippen LogP contribution in [0.1, 0.15) is 48.5 Å². The fraction of sp³-hybridized carbons (Fsp3) is 0.389. The number of aryl methyl sites for hydroxylation is 2. The van der Waals surface area contributed by atoms with Crippen LogP contribution in [0.5, 0.6) is 5.88 Å². The van der Waals surface area contributed by atoms with Gasteiger partial charge >= 0.3 is 0 Å². The Bertz CT molecular complexity index is 1070. The minimum Gasteiger partial charge on any atom is -0.493 e. The molecular weight excluding hydrogens is 372 g/mol. The predicted octanol–water partition coefficient (Wildman–Crippen LogP) is 2.68. The normalized spacial score (nSPS) is 18.4. The van der Waals surface area contributed by atoms with Gasteiger partial charge in [-0.2, -0.15) is 0 Å². The third-order valence-electron chi connectivity index (χ3n) is 4.98. The summed E-state index contributed by atoms with van der Waals surface area (Å²) >= 11 is 5.97. The number of hydrogen-bond acceptors (Lipinski definition) is 7. The van der Waals surface area contributed by atoms with E-state index in [2.05, 4.69) is 19.9 Å². The Hall–Kier alpha value is -2.74. The van der Waals surface area contributed by atoms with Gasteiger partial charge in [-0.15, -0.1) is 0 Å². The molecule has 1 fully saturated rings. The molecule has 0 saturated heterocycles. The average Bonchev–Trinajstić information content (AvgIpc) is 3.32. The maximum absolute atomic E-state index is 11.4. The first kappa shape index (κ1) is 17.7. The summed E-state index contributed by atoms with van der Waals surface area (Å²) < 4.78 is 5.56. The summed E-state index contributed by atoms with van der Waals surface area (Å²) in [6.45, 7) is 0. The number of carbonyl (C=O) groups is 1. The number of fused-ring (bicyclic) bond motifs is 3. The van der Waals surface area contributed by atoms with Gasteiger partial charge in [-0.3, -0.25) is 9.59 Å². The summed E-state index contributed by atoms with van der Waals surface area (Å²) in [6, 6.07) is 0. The summed E-state index contributed by atoms with van der Waals surface area (Å²) in [4.78, 5) is 36.7. The number of carbonyl (C=O) groups excluding carboxylic acids is 1. The molecule has 1 unspecified atom stereocenters. The van der Waals surface area contributed by atoms with Crippen LogP contribution in [0.15, 0.2) is 21.9 Å². The van der Waals surface area contributed by atoms with Crippen molar-refractivity contribution in [3.63, 3.8) is 0 Å². The number of H-pyrrole nitrogens is 1. The standard InChI is InChI=1S/C9H7ClN2O.C9H10N2O3/c10-8-7-5-2-1-3-6(5)13-9(7)12-4-11-8;12-6-3-1-2-5(6)7-8(13)10-4-11-9(7)14/h4H,1-3H2;4-5H,1-3H2,(H2,10,11,13,14). The summed E-state index contributed by atoms with van der Waals surface area (Å²) in [5, 5.41) is 10.8. The van der Waals surface area contributed by atoms with E-state index in [9.17, 15) is 14.7 Å². The van der Waals surface area contributed by atoms with Gasteiger partial charge in [-0.05, 0) is 25.7 Å². The van der Waals surface area contributed by atoms with Gasteiger partial charge in [0.2, 0.25) is 11.6 Å². The van der Waals surface area contributed by atoms with Gasteiger partial charge in [0.05, 0.1) is 23.2 Å². The van der Waals surface area contributed by atoms with Gasteiger partial charge in [-0.1, -0.05) is 11.6 Å². The van der Waals surface area contributed by atoms with Gasteiger partial charge in [0.15, 0.2) is 0 Å². The molecule has 0 amide bonds. The summed E-state index contributed by atoms with van der Waals surface area (Å²) in [5.41, 5.74) is 1.54. The number of nitrogens with zero attached hydrogens (tertiary/aromatic N) is 3. The smallest absolute Gasteiger partial charge is 0.258 e. The third kappa shape index (κ3) is 3.21. The number of halogens is 1. The van der Waals surface area contributed by atoms with E-state index in [0.717, 1.165) is 43.2 Å². The highest BCUT2D eigenvalue weighted by Crippen LogP contribution is 2.34. The lowest BCUT2D eigenvalue weighted by Gasteiger charge is -2.07. The van der Waals surface area contributed by atoms with E-state index in [4.69, 9.17) is 16.0 Å². The molecule has 0 aromatic carbocycles. The minimum atomic E-state index is -0.465. The molecule has 1 atom stereocenters. The van der Waals surface area contributed by atoms with Crippen molar-refractivity contribution < 1.29 is 14.3 Å². The minimum absolute atomic E-state index is 0.0128. The number of rotatable bonds is 1. The Labute approximate surface area is 158 Å². The topological polar surface area (TPSA) is 122 Å². The lowest BCUT2D eigenvalue weighted by Crippen LogP contribution is -2.19. The Morgan fingerprint density at radius 2 is 2.00 bits per heavy atom. The molecule has 0 spiro atoms. The molecule has 0 aliphatic heterocycles. The summed E-state index contributed by atoms with van der Waals surface area (Å²) in [7, 11) is 0. The first-order valence-corrected chi connectivity index (χ1v) is 9.14. The summed E-state index contributed by atoms with van der Waals surface area (Å²) in [5.74, 6) is 0.262. The molecule has 1 saturated carbocycles. The molecule has 3 heterocycles. The molecule has 27 heavy (non-hydrogen) atoms. The SMILES string of the molecule is Clc1ncnc2oc3c(c12)CCC3.O=C1CCCC1c1c(O)nc[nH]c1=O. The van der Waals surface area contributed by atoms with Crippen LogP contribution in [0.25, 0.3) is 11.1 Å². The number of Topliss-reactive ketones (excluding diaryl/α,β-unsaturated/α-hetero) is 1. The average molecular weight is 389 g/mol. The highest BCUT2D eigenvalue weighted by atomic mass is 35.5. The number of aromatic nitrogens is 4. The Balaban J connectivity index is 0.000000134. The monoisotopic (exact) mass is 388 g/mol. The van der Waals surface area contributed by atoms with Gasteiger partial charge in [-0.25, -0.2) is 15.0 Å². The number of nitrogens with one attached hydrogen (secondary N) is 1. The number of furan rings is 1. The fourth-order valence-electron chi connectivity index (χ4n) is 3.73. The molecule has 2 aliphatic carbocycles. The lowest BCUT2D eigenvalue weighted by atomic mass is 9.99. The number of hydrogen-bond donors (Lipinski definition) is 2. The predicted molar refractivity (Wildman–Crippen MR) is 97.0 cm³/mol. The van der Waals surface area contributed by atoms with Gasteiger partial charge in [0.1, 0.15) is 23.0 Å². The second-order valence-electron chi connectivity index (χ2n) is 6.58. The van der Waals surface area contributed by atoms with E-state index in [1.54, 1.807) is 0 Å². The van der Waals surface area contributed by atoms with E-state index in [0.29, 0.717) is 23.7 Å². The van der Waals surface area contributed by atoms with Crippen LogP contribution in [0.4, 0.5) is 0 Å². The zero-order valence-corrected chi connectivity index (χ0v) is 15.1. The molecule has 8 nitrogen and oxygen atoms in total. The molecule has 2 N–H and O–H groups in total. The second kappa shape index (κ2) is 7.11. The van der Waals surface area contributed by atoms with Gasteiger partial charge in [0.25, 0.3) is 5.56 Å². The highest BCUT2D eigenvalue weighted by Gasteiger charge is 2.30. The molecule has 0 bridgehead atoms. The Morgan fingerprint density at radius 1 is 1.15 bits per heavy atom. The van der Waals surface area contributed by atoms with E-state index in [1.807, 2.05) is 0 Å². The maximum atomic E-state index is 11.4. The molecule has 3 aromatic rings. The third-order valence-corrected chi connectivity index (χ3v) is 5.26. The molecule has 9 heteroatoms. The molecule has 3 aromatic heterocycles. The maximum Gasteiger partial charge on any atom is 0.258 e. The summed E-state index contributed by atoms with van der Waals surface area (Å²) in [6.07, 6.45) is 7.63. The number of aromatic hydroxyl groups is 1. The van der Waals surface area contributed by atoms with Crippen LogP contribution in [0.2, 0.25) is 5.15 Å². The van der Waals surface area contributed by atoms with Crippen molar-refractivity contribution in [1.82, 2.24) is 19.9 Å². The lowest BCUT2D eigenvalue weighted by molar-refractivity contribution is -0.118. The second-order valence-corrected chi connectivity index (χ2v) is 6.94. The highest BCUT2D eigenvalue weighted by molar-refractivity contribution is 6.34. The molecule has 140 valence electrons. The van der Waals surface area contributed by atoms with Crippen LogP contribution in [-0.4, -0.2) is 30.8 Å². The van der Waals surface area contributed by atoms with Crippen LogP contribution in [0, 0.1) is 0 Å². The van der Waals surface area contributed by atoms with Crippen molar-refractivity contribution in [3.8, 4) is 5.88 Å². The van der Waals surface area contributed by atoms with Crippen LogP contribution >= 0.6 is 11.6 Å². The Morgan fingerprint density at radius 3 is 2.74 bits per heavy atom. The molecular formula is C18H17ClN4O4. The quantitative estimate of drug-likeness (QED) is 0.614. The van der Waals surface area contributed by atoms with Crippen molar-refractivity contribution >= 4 is 28.5 Å². The fourth-order valence-corrected chi connectivity index (χ4v) is 3.96. The molecule has 0 radical (unpaired) electrons. The van der Waals surface area contributed by atoms with Crippen molar-refractivity contribution in [3.05, 3.63) is 45.0 Å². The van der Waals surface area contributed by atoms with E-state index < -0.39 is 11.5 Å². The van der Waals surface area contributed by atoms with Crippen molar-refractivity contribution in [1.29, 1.82) is 0 Å². The number of aromatic amines is 1. The van der Waals surface area contributed by atoms with Crippen LogP contribution in [-0.2, 0) is 17.6 Å². The number of ketones is 1. The zero-order valence-electron chi connectivity index (χ0n) is 14.4. The van der Waals surface area contributed by atoms with Crippen molar-refractivity contribution in [2.24, 2.45) is 0 Å². The van der Waals surface area contributed by atoms with Gasteiger partial charge < -0.3 is 14.5 Å².